The Labute approximate surface area is 134 Å². The van der Waals surface area contributed by atoms with Gasteiger partial charge in [0.2, 0.25) is 12.6 Å². The third kappa shape index (κ3) is 2.55. The molecule has 0 aliphatic carbocycles. The smallest absolute Gasteiger partial charge is 0.451 e. The van der Waals surface area contributed by atoms with E-state index in [9.17, 15) is 13.2 Å². The Bertz CT molecular complexity index is 928. The van der Waals surface area contributed by atoms with Crippen molar-refractivity contribution in [3.05, 3.63) is 48.3 Å². The minimum atomic E-state index is -4.63. The van der Waals surface area contributed by atoms with Crippen LogP contribution in [-0.2, 0) is 6.18 Å². The Morgan fingerprint density at radius 3 is 2.58 bits per heavy atom. The van der Waals surface area contributed by atoms with E-state index in [0.717, 1.165) is 0 Å². The lowest BCUT2D eigenvalue weighted by Crippen LogP contribution is -2.12. The molecule has 4 rings (SSSR count). The first-order chi connectivity index (χ1) is 11.5. The molecule has 8 heteroatoms. The van der Waals surface area contributed by atoms with Gasteiger partial charge in [0.25, 0.3) is 0 Å². The Balaban J connectivity index is 1.80. The van der Waals surface area contributed by atoms with E-state index in [4.69, 9.17) is 9.47 Å². The average molecular weight is 333 g/mol. The average Bonchev–Trinajstić information content (AvgIpc) is 3.01. The van der Waals surface area contributed by atoms with Gasteiger partial charge in [-0.25, -0.2) is 9.97 Å². The molecule has 0 saturated carbocycles. The fourth-order valence-corrected chi connectivity index (χ4v) is 2.41. The number of nitrogens with one attached hydrogen (secondary N) is 1. The molecule has 122 valence electrons. The molecule has 1 N–H and O–H groups in total. The third-order valence-electron chi connectivity index (χ3n) is 3.49. The summed E-state index contributed by atoms with van der Waals surface area (Å²) in [5.41, 5.74) is 0.749. The molecule has 0 spiro atoms. The molecule has 1 aliphatic rings. The van der Waals surface area contributed by atoms with E-state index in [0.29, 0.717) is 22.6 Å². The second-order valence-electron chi connectivity index (χ2n) is 5.10. The summed E-state index contributed by atoms with van der Waals surface area (Å²) in [4.78, 5) is 7.23. The molecule has 0 fully saturated rings. The van der Waals surface area contributed by atoms with Crippen molar-refractivity contribution in [2.24, 2.45) is 0 Å². The van der Waals surface area contributed by atoms with E-state index in [1.165, 1.54) is 6.07 Å². The molecule has 5 nitrogen and oxygen atoms in total. The first-order valence-corrected chi connectivity index (χ1v) is 7.01. The van der Waals surface area contributed by atoms with Crippen LogP contribution in [0.25, 0.3) is 10.9 Å². The molecule has 3 aromatic rings. The van der Waals surface area contributed by atoms with Crippen LogP contribution < -0.4 is 14.8 Å². The number of fused-ring (bicyclic) bond motifs is 2. The van der Waals surface area contributed by atoms with Crippen LogP contribution in [0.5, 0.6) is 11.5 Å². The Morgan fingerprint density at radius 2 is 1.75 bits per heavy atom. The van der Waals surface area contributed by atoms with Crippen LogP contribution in [0.2, 0.25) is 0 Å². The minimum Gasteiger partial charge on any atom is -0.454 e. The van der Waals surface area contributed by atoms with Crippen LogP contribution >= 0.6 is 0 Å². The van der Waals surface area contributed by atoms with Crippen molar-refractivity contribution in [1.29, 1.82) is 0 Å². The molecule has 1 aromatic heterocycles. The van der Waals surface area contributed by atoms with Crippen molar-refractivity contribution in [1.82, 2.24) is 9.97 Å². The molecular weight excluding hydrogens is 323 g/mol. The van der Waals surface area contributed by atoms with E-state index in [-0.39, 0.29) is 18.1 Å². The number of benzene rings is 2. The predicted octanol–water partition coefficient (Wildman–Crippen LogP) is 4.12. The number of rotatable bonds is 2. The molecule has 24 heavy (non-hydrogen) atoms. The number of alkyl halides is 3. The van der Waals surface area contributed by atoms with E-state index < -0.39 is 12.0 Å². The van der Waals surface area contributed by atoms with E-state index in [1.807, 2.05) is 0 Å². The molecular formula is C16H10F3N3O2. The first-order valence-electron chi connectivity index (χ1n) is 7.01. The largest absolute Gasteiger partial charge is 0.454 e. The van der Waals surface area contributed by atoms with Gasteiger partial charge in [0.05, 0.1) is 5.52 Å². The maximum absolute atomic E-state index is 13.0. The van der Waals surface area contributed by atoms with Crippen molar-refractivity contribution < 1.29 is 22.6 Å². The lowest BCUT2D eigenvalue weighted by molar-refractivity contribution is -0.144. The number of para-hydroxylation sites is 1. The highest BCUT2D eigenvalue weighted by molar-refractivity contribution is 5.90. The third-order valence-corrected chi connectivity index (χ3v) is 3.49. The van der Waals surface area contributed by atoms with Crippen LogP contribution in [0.4, 0.5) is 24.7 Å². The molecule has 0 amide bonds. The summed E-state index contributed by atoms with van der Waals surface area (Å²) in [7, 11) is 0. The molecule has 1 aliphatic heterocycles. The summed E-state index contributed by atoms with van der Waals surface area (Å²) < 4.78 is 49.6. The molecule has 0 radical (unpaired) electrons. The van der Waals surface area contributed by atoms with Crippen molar-refractivity contribution in [2.45, 2.75) is 6.18 Å². The number of nitrogens with zero attached hydrogens (tertiary/aromatic N) is 2. The van der Waals surface area contributed by atoms with Crippen LogP contribution in [0.3, 0.4) is 0 Å². The highest BCUT2D eigenvalue weighted by Crippen LogP contribution is 2.36. The normalized spacial score (nSPS) is 13.3. The number of hydrogen-bond acceptors (Lipinski definition) is 5. The summed E-state index contributed by atoms with van der Waals surface area (Å²) in [6.45, 7) is 0.118. The highest BCUT2D eigenvalue weighted by Gasteiger charge is 2.35. The summed E-state index contributed by atoms with van der Waals surface area (Å²) >= 11 is 0. The molecule has 2 aromatic carbocycles. The second-order valence-corrected chi connectivity index (χ2v) is 5.10. The quantitative estimate of drug-likeness (QED) is 0.764. The van der Waals surface area contributed by atoms with Crippen molar-refractivity contribution >= 4 is 22.4 Å². The summed E-state index contributed by atoms with van der Waals surface area (Å²) in [6.07, 6.45) is -4.63. The Kier molecular flexibility index (Phi) is 3.19. The van der Waals surface area contributed by atoms with Gasteiger partial charge < -0.3 is 14.8 Å². The Hall–Kier alpha value is -3.03. The van der Waals surface area contributed by atoms with Gasteiger partial charge in [-0.3, -0.25) is 0 Å². The number of aromatic nitrogens is 2. The van der Waals surface area contributed by atoms with Crippen LogP contribution in [0.15, 0.2) is 42.5 Å². The molecule has 0 saturated heterocycles. The van der Waals surface area contributed by atoms with Gasteiger partial charge in [0.1, 0.15) is 5.82 Å². The van der Waals surface area contributed by atoms with Gasteiger partial charge in [0, 0.05) is 17.1 Å². The lowest BCUT2D eigenvalue weighted by Gasteiger charge is -2.12. The van der Waals surface area contributed by atoms with Gasteiger partial charge in [-0.15, -0.1) is 0 Å². The van der Waals surface area contributed by atoms with Gasteiger partial charge in [-0.05, 0) is 24.3 Å². The maximum atomic E-state index is 13.0. The summed E-state index contributed by atoms with van der Waals surface area (Å²) in [5, 5.41) is 3.39. The zero-order chi connectivity index (χ0) is 16.7. The number of hydrogen-bond donors (Lipinski definition) is 1. The first kappa shape index (κ1) is 14.6. The second kappa shape index (κ2) is 5.26. The van der Waals surface area contributed by atoms with Gasteiger partial charge in [-0.2, -0.15) is 13.2 Å². The van der Waals surface area contributed by atoms with Gasteiger partial charge in [0.15, 0.2) is 11.5 Å². The van der Waals surface area contributed by atoms with Crippen molar-refractivity contribution in [3.63, 3.8) is 0 Å². The standard InChI is InChI=1S/C16H10F3N3O2/c17-16(18,19)15-21-11-4-2-1-3-10(11)14(22-15)20-9-5-6-12-13(7-9)24-8-23-12/h1-7H,8H2,(H,20,21,22). The van der Waals surface area contributed by atoms with Gasteiger partial charge in [-0.1, -0.05) is 12.1 Å². The number of anilines is 2. The van der Waals surface area contributed by atoms with Crippen molar-refractivity contribution in [2.75, 3.05) is 12.1 Å². The molecule has 0 atom stereocenters. The number of halogens is 3. The molecule has 2 heterocycles. The number of ether oxygens (including phenoxy) is 2. The zero-order valence-corrected chi connectivity index (χ0v) is 12.1. The van der Waals surface area contributed by atoms with Crippen LogP contribution in [0, 0.1) is 0 Å². The van der Waals surface area contributed by atoms with E-state index >= 15 is 0 Å². The predicted molar refractivity (Wildman–Crippen MR) is 80.4 cm³/mol. The summed E-state index contributed by atoms with van der Waals surface area (Å²) in [5.74, 6) is -0.00489. The highest BCUT2D eigenvalue weighted by atomic mass is 19.4. The fourth-order valence-electron chi connectivity index (χ4n) is 2.41. The van der Waals surface area contributed by atoms with Crippen molar-refractivity contribution in [3.8, 4) is 11.5 Å². The fraction of sp³-hybridized carbons (Fsp3) is 0.125. The monoisotopic (exact) mass is 333 g/mol. The summed E-state index contributed by atoms with van der Waals surface area (Å²) in [6, 6.07) is 11.5. The topological polar surface area (TPSA) is 56.3 Å². The SMILES string of the molecule is FC(F)(F)c1nc(Nc2ccc3c(c2)OCO3)c2ccccc2n1. The van der Waals surface area contributed by atoms with Gasteiger partial charge >= 0.3 is 6.18 Å². The Morgan fingerprint density at radius 1 is 0.958 bits per heavy atom. The van der Waals surface area contributed by atoms with E-state index in [2.05, 4.69) is 15.3 Å². The van der Waals surface area contributed by atoms with Crippen LogP contribution in [-0.4, -0.2) is 16.8 Å². The molecule has 0 unspecified atom stereocenters. The molecule has 0 bridgehead atoms. The van der Waals surface area contributed by atoms with Crippen LogP contribution in [0.1, 0.15) is 5.82 Å². The lowest BCUT2D eigenvalue weighted by atomic mass is 10.2. The minimum absolute atomic E-state index is 0.0757. The zero-order valence-electron chi connectivity index (χ0n) is 12.1. The maximum Gasteiger partial charge on any atom is 0.451 e. The van der Waals surface area contributed by atoms with E-state index in [1.54, 1.807) is 36.4 Å².